The van der Waals surface area contributed by atoms with Crippen LogP contribution in [0.2, 0.25) is 0 Å². The SMILES string of the molecule is CCC1(C)CC2(OC3CCCCC3O2)C(C)C(C)(CC)N1O. The maximum absolute atomic E-state index is 10.9. The van der Waals surface area contributed by atoms with Crippen LogP contribution in [0.4, 0.5) is 0 Å². The molecule has 2 saturated heterocycles. The monoisotopic (exact) mass is 311 g/mol. The minimum atomic E-state index is -0.533. The molecule has 3 aliphatic rings. The zero-order valence-corrected chi connectivity index (χ0v) is 14.9. The second-order valence-corrected chi connectivity index (χ2v) is 8.18. The standard InChI is InChI=1S/C18H33NO3/c1-6-16(4)12-18(13(3)17(5,7-2)19(16)20)21-14-10-8-9-11-15(14)22-18/h13-15,20H,6-12H2,1-5H3. The molecular weight excluding hydrogens is 278 g/mol. The van der Waals surface area contributed by atoms with E-state index in [1.807, 2.05) is 0 Å². The van der Waals surface area contributed by atoms with E-state index in [0.717, 1.165) is 32.1 Å². The molecule has 3 fully saturated rings. The first-order valence-electron chi connectivity index (χ1n) is 9.16. The third-order valence-corrected chi connectivity index (χ3v) is 7.04. The van der Waals surface area contributed by atoms with Crippen molar-refractivity contribution in [1.82, 2.24) is 5.06 Å². The van der Waals surface area contributed by atoms with Crippen LogP contribution in [0.15, 0.2) is 0 Å². The highest BCUT2D eigenvalue weighted by Gasteiger charge is 2.64. The second-order valence-electron chi connectivity index (χ2n) is 8.18. The van der Waals surface area contributed by atoms with Gasteiger partial charge in [-0.3, -0.25) is 0 Å². The minimum Gasteiger partial charge on any atom is -0.344 e. The molecule has 22 heavy (non-hydrogen) atoms. The van der Waals surface area contributed by atoms with Gasteiger partial charge >= 0.3 is 0 Å². The van der Waals surface area contributed by atoms with E-state index in [9.17, 15) is 5.21 Å². The Morgan fingerprint density at radius 2 is 1.59 bits per heavy atom. The number of hydrogen-bond donors (Lipinski definition) is 1. The first-order chi connectivity index (χ1) is 10.3. The average molecular weight is 311 g/mol. The predicted octanol–water partition coefficient (Wildman–Crippen LogP) is 4.11. The van der Waals surface area contributed by atoms with Crippen LogP contribution in [-0.2, 0) is 9.47 Å². The molecule has 1 aliphatic carbocycles. The average Bonchev–Trinajstić information content (AvgIpc) is 2.90. The molecule has 5 unspecified atom stereocenters. The number of fused-ring (bicyclic) bond motifs is 1. The zero-order valence-electron chi connectivity index (χ0n) is 14.9. The Morgan fingerprint density at radius 3 is 2.05 bits per heavy atom. The van der Waals surface area contributed by atoms with Crippen LogP contribution in [0.1, 0.15) is 79.6 Å². The lowest BCUT2D eigenvalue weighted by molar-refractivity contribution is -0.354. The summed E-state index contributed by atoms with van der Waals surface area (Å²) < 4.78 is 13.2. The van der Waals surface area contributed by atoms with E-state index in [1.54, 1.807) is 5.06 Å². The lowest BCUT2D eigenvalue weighted by Gasteiger charge is -2.60. The van der Waals surface area contributed by atoms with Crippen molar-refractivity contribution in [3.05, 3.63) is 0 Å². The van der Waals surface area contributed by atoms with Gasteiger partial charge in [-0.15, -0.1) is 0 Å². The number of hydroxylamine groups is 2. The van der Waals surface area contributed by atoms with Gasteiger partial charge in [0.25, 0.3) is 0 Å². The molecule has 5 atom stereocenters. The third kappa shape index (κ3) is 2.18. The van der Waals surface area contributed by atoms with Gasteiger partial charge in [0.1, 0.15) is 0 Å². The summed E-state index contributed by atoms with van der Waals surface area (Å²) in [6, 6.07) is 0. The zero-order chi connectivity index (χ0) is 16.2. The highest BCUT2D eigenvalue weighted by atomic mass is 16.8. The quantitative estimate of drug-likeness (QED) is 0.833. The van der Waals surface area contributed by atoms with Gasteiger partial charge in [-0.25, -0.2) is 0 Å². The molecular formula is C18H33NO3. The van der Waals surface area contributed by atoms with Crippen LogP contribution in [0.5, 0.6) is 0 Å². The number of ether oxygens (including phenoxy) is 2. The maximum Gasteiger partial charge on any atom is 0.175 e. The fourth-order valence-corrected chi connectivity index (χ4v) is 4.92. The van der Waals surface area contributed by atoms with Crippen LogP contribution >= 0.6 is 0 Å². The topological polar surface area (TPSA) is 41.9 Å². The van der Waals surface area contributed by atoms with E-state index >= 15 is 0 Å². The van der Waals surface area contributed by atoms with Crippen molar-refractivity contribution in [2.75, 3.05) is 0 Å². The van der Waals surface area contributed by atoms with Crippen molar-refractivity contribution in [3.63, 3.8) is 0 Å². The summed E-state index contributed by atoms with van der Waals surface area (Å²) in [5, 5.41) is 12.6. The van der Waals surface area contributed by atoms with Gasteiger partial charge in [0.2, 0.25) is 0 Å². The predicted molar refractivity (Wildman–Crippen MR) is 85.7 cm³/mol. The summed E-state index contributed by atoms with van der Waals surface area (Å²) in [7, 11) is 0. The molecule has 2 aliphatic heterocycles. The highest BCUT2D eigenvalue weighted by Crippen LogP contribution is 2.55. The van der Waals surface area contributed by atoms with E-state index in [-0.39, 0.29) is 29.2 Å². The fraction of sp³-hybridized carbons (Fsp3) is 1.00. The van der Waals surface area contributed by atoms with Crippen molar-refractivity contribution >= 4 is 0 Å². The smallest absolute Gasteiger partial charge is 0.175 e. The summed E-state index contributed by atoms with van der Waals surface area (Å²) >= 11 is 0. The molecule has 0 aromatic rings. The number of rotatable bonds is 2. The van der Waals surface area contributed by atoms with Crippen LogP contribution < -0.4 is 0 Å². The van der Waals surface area contributed by atoms with Crippen molar-refractivity contribution in [3.8, 4) is 0 Å². The van der Waals surface area contributed by atoms with E-state index in [0.29, 0.717) is 0 Å². The Bertz CT molecular complexity index is 415. The number of hydrogen-bond acceptors (Lipinski definition) is 4. The Balaban J connectivity index is 1.97. The van der Waals surface area contributed by atoms with Crippen molar-refractivity contribution in [1.29, 1.82) is 0 Å². The van der Waals surface area contributed by atoms with E-state index < -0.39 is 5.79 Å². The maximum atomic E-state index is 10.9. The minimum absolute atomic E-state index is 0.139. The van der Waals surface area contributed by atoms with E-state index in [4.69, 9.17) is 9.47 Å². The lowest BCUT2D eigenvalue weighted by atomic mass is 9.67. The normalized spacial score (nSPS) is 52.9. The van der Waals surface area contributed by atoms with Gasteiger partial charge in [-0.2, -0.15) is 5.06 Å². The lowest BCUT2D eigenvalue weighted by Crippen LogP contribution is -2.71. The summed E-state index contributed by atoms with van der Waals surface area (Å²) in [6.45, 7) is 10.8. The van der Waals surface area contributed by atoms with Gasteiger partial charge in [0.05, 0.1) is 17.7 Å². The fourth-order valence-electron chi connectivity index (χ4n) is 4.92. The number of nitrogens with zero attached hydrogens (tertiary/aromatic N) is 1. The number of piperidine rings is 1. The molecule has 2 heterocycles. The van der Waals surface area contributed by atoms with E-state index in [2.05, 4.69) is 34.6 Å². The molecule has 0 radical (unpaired) electrons. The summed E-state index contributed by atoms with van der Waals surface area (Å²) in [6.07, 6.45) is 7.75. The molecule has 0 bridgehead atoms. The van der Waals surface area contributed by atoms with Crippen LogP contribution in [0.3, 0.4) is 0 Å². The molecule has 1 N–H and O–H groups in total. The molecule has 1 spiro atoms. The van der Waals surface area contributed by atoms with E-state index in [1.165, 1.54) is 12.8 Å². The molecule has 0 aromatic heterocycles. The molecule has 3 rings (SSSR count). The Labute approximate surface area is 135 Å². The largest absolute Gasteiger partial charge is 0.344 e. The highest BCUT2D eigenvalue weighted by molar-refractivity contribution is 5.10. The van der Waals surface area contributed by atoms with Crippen LogP contribution in [0, 0.1) is 5.92 Å². The van der Waals surface area contributed by atoms with Gasteiger partial charge in [0.15, 0.2) is 5.79 Å². The summed E-state index contributed by atoms with van der Waals surface area (Å²) in [4.78, 5) is 0. The Kier molecular flexibility index (Phi) is 4.13. The van der Waals surface area contributed by atoms with Crippen molar-refractivity contribution in [2.24, 2.45) is 5.92 Å². The third-order valence-electron chi connectivity index (χ3n) is 7.04. The van der Waals surface area contributed by atoms with Crippen molar-refractivity contribution < 1.29 is 14.7 Å². The van der Waals surface area contributed by atoms with Gasteiger partial charge in [-0.05, 0) is 39.5 Å². The molecule has 4 nitrogen and oxygen atoms in total. The van der Waals surface area contributed by atoms with Crippen LogP contribution in [0.25, 0.3) is 0 Å². The van der Waals surface area contributed by atoms with Gasteiger partial charge < -0.3 is 14.7 Å². The summed E-state index contributed by atoms with van der Waals surface area (Å²) in [5.74, 6) is -0.394. The summed E-state index contributed by atoms with van der Waals surface area (Å²) in [5.41, 5.74) is -0.624. The first kappa shape index (κ1) is 16.7. The van der Waals surface area contributed by atoms with Crippen molar-refractivity contribution in [2.45, 2.75) is 109 Å². The molecule has 4 heteroatoms. The molecule has 128 valence electrons. The second kappa shape index (κ2) is 5.44. The molecule has 0 aromatic carbocycles. The molecule has 1 saturated carbocycles. The van der Waals surface area contributed by atoms with Gasteiger partial charge in [-0.1, -0.05) is 33.6 Å². The Hall–Kier alpha value is -0.160. The first-order valence-corrected chi connectivity index (χ1v) is 9.16. The van der Waals surface area contributed by atoms with Crippen LogP contribution in [-0.4, -0.2) is 39.3 Å². The molecule has 0 amide bonds. The Morgan fingerprint density at radius 1 is 1.05 bits per heavy atom. The van der Waals surface area contributed by atoms with Gasteiger partial charge in [0, 0.05) is 17.9 Å².